The molecule has 1 aliphatic heterocycles. The Hall–Kier alpha value is -3.97. The van der Waals surface area contributed by atoms with Crippen LogP contribution in [0.2, 0.25) is 5.02 Å². The van der Waals surface area contributed by atoms with Crippen LogP contribution in [-0.2, 0) is 23.9 Å². The molecule has 3 aliphatic carbocycles. The number of esters is 1. The van der Waals surface area contributed by atoms with Gasteiger partial charge >= 0.3 is 5.97 Å². The van der Waals surface area contributed by atoms with Gasteiger partial charge in [-0.2, -0.15) is 0 Å². The van der Waals surface area contributed by atoms with Crippen LogP contribution in [-0.4, -0.2) is 41.2 Å². The van der Waals surface area contributed by atoms with Crippen LogP contribution in [0.25, 0.3) is 0 Å². The van der Waals surface area contributed by atoms with E-state index in [-0.39, 0.29) is 30.1 Å². The van der Waals surface area contributed by atoms with E-state index in [1.54, 1.807) is 18.2 Å². The third-order valence-electron chi connectivity index (χ3n) is 8.70. The molecule has 4 aliphatic rings. The van der Waals surface area contributed by atoms with Crippen molar-refractivity contribution in [2.24, 2.45) is 11.8 Å². The van der Waals surface area contributed by atoms with E-state index in [1.807, 2.05) is 62.4 Å². The highest BCUT2D eigenvalue weighted by molar-refractivity contribution is 6.31. The van der Waals surface area contributed by atoms with E-state index in [2.05, 4.69) is 5.32 Å². The molecule has 3 aromatic rings. The molecule has 3 amide bonds. The van der Waals surface area contributed by atoms with Gasteiger partial charge in [0.2, 0.25) is 11.8 Å². The number of nitrogens with zero attached hydrogens (tertiary/aromatic N) is 1. The zero-order valence-corrected chi connectivity index (χ0v) is 23.7. The molecule has 3 atom stereocenters. The van der Waals surface area contributed by atoms with E-state index >= 15 is 0 Å². The van der Waals surface area contributed by atoms with E-state index in [1.165, 1.54) is 0 Å². The number of nitrogens with one attached hydrogen (secondary N) is 1. The van der Waals surface area contributed by atoms with Gasteiger partial charge in [0.15, 0.2) is 6.61 Å². The molecule has 8 heteroatoms. The first-order valence-corrected chi connectivity index (χ1v) is 14.5. The first-order chi connectivity index (χ1) is 19.8. The normalized spacial score (nSPS) is 22.6. The molecule has 1 saturated heterocycles. The summed E-state index contributed by atoms with van der Waals surface area (Å²) in [6, 6.07) is 20.1. The minimum atomic E-state index is -1.09. The van der Waals surface area contributed by atoms with Crippen molar-refractivity contribution in [3.8, 4) is 0 Å². The van der Waals surface area contributed by atoms with Crippen molar-refractivity contribution in [1.82, 2.24) is 4.90 Å². The van der Waals surface area contributed by atoms with E-state index in [4.69, 9.17) is 16.3 Å². The van der Waals surface area contributed by atoms with Gasteiger partial charge < -0.3 is 10.1 Å². The molecule has 0 unspecified atom stereocenters. The molecule has 41 heavy (non-hydrogen) atoms. The lowest BCUT2D eigenvalue weighted by atomic mass is 9.55. The van der Waals surface area contributed by atoms with Gasteiger partial charge in [0.05, 0.1) is 11.8 Å². The monoisotopic (exact) mass is 570 g/mol. The molecular weight excluding hydrogens is 540 g/mol. The van der Waals surface area contributed by atoms with Crippen molar-refractivity contribution >= 4 is 41.0 Å². The first-order valence-electron chi connectivity index (χ1n) is 14.1. The lowest BCUT2D eigenvalue weighted by Crippen LogP contribution is -2.47. The summed E-state index contributed by atoms with van der Waals surface area (Å²) >= 11 is 6.14. The average Bonchev–Trinajstić information content (AvgIpc) is 3.24. The second-order valence-electron chi connectivity index (χ2n) is 11.1. The second kappa shape index (κ2) is 10.8. The largest absolute Gasteiger partial charge is 0.454 e. The molecule has 0 aromatic heterocycles. The molecule has 0 spiro atoms. The van der Waals surface area contributed by atoms with Crippen molar-refractivity contribution in [2.45, 2.75) is 51.0 Å². The first kappa shape index (κ1) is 27.2. The molecule has 0 radical (unpaired) electrons. The van der Waals surface area contributed by atoms with E-state index < -0.39 is 36.4 Å². The van der Waals surface area contributed by atoms with Crippen LogP contribution in [0.3, 0.4) is 0 Å². The van der Waals surface area contributed by atoms with E-state index in [0.29, 0.717) is 17.1 Å². The number of hydrogen-bond acceptors (Lipinski definition) is 5. The number of anilines is 1. The quantitative estimate of drug-likeness (QED) is 0.282. The van der Waals surface area contributed by atoms with Crippen LogP contribution in [0.1, 0.15) is 65.8 Å². The van der Waals surface area contributed by atoms with Crippen LogP contribution in [0.15, 0.2) is 66.7 Å². The van der Waals surface area contributed by atoms with Crippen molar-refractivity contribution < 1.29 is 23.9 Å². The second-order valence-corrected chi connectivity index (χ2v) is 11.5. The van der Waals surface area contributed by atoms with E-state index in [0.717, 1.165) is 39.1 Å². The molecule has 2 bridgehead atoms. The number of amides is 3. The summed E-state index contributed by atoms with van der Waals surface area (Å²) in [6.45, 7) is 3.29. The van der Waals surface area contributed by atoms with Crippen molar-refractivity contribution in [3.05, 3.63) is 99.6 Å². The Balaban J connectivity index is 1.25. The number of benzene rings is 3. The van der Waals surface area contributed by atoms with Gasteiger partial charge in [0, 0.05) is 22.5 Å². The van der Waals surface area contributed by atoms with Gasteiger partial charge in [0.1, 0.15) is 6.04 Å². The Bertz CT molecular complexity index is 1450. The summed E-state index contributed by atoms with van der Waals surface area (Å²) in [4.78, 5) is 55.4. The summed E-state index contributed by atoms with van der Waals surface area (Å²) in [5.74, 6) is -3.63. The maximum Gasteiger partial charge on any atom is 0.329 e. The summed E-state index contributed by atoms with van der Waals surface area (Å²) in [5, 5.41) is 3.17. The average molecular weight is 571 g/mol. The van der Waals surface area contributed by atoms with Gasteiger partial charge in [-0.25, -0.2) is 4.79 Å². The SMILES string of the molecule is CCCC[C@H](C(=O)OCC(=O)Nc1ccc(C)c(Cl)c1)N1C(=O)[C@H]2C3c4ccccc4C(c4ccccc43)[C@@H]2C1=O. The molecule has 7 rings (SSSR count). The van der Waals surface area contributed by atoms with Crippen molar-refractivity contribution in [3.63, 3.8) is 0 Å². The van der Waals surface area contributed by atoms with Crippen LogP contribution < -0.4 is 5.32 Å². The fraction of sp³-hybridized carbons (Fsp3) is 0.333. The highest BCUT2D eigenvalue weighted by Crippen LogP contribution is 2.61. The summed E-state index contributed by atoms with van der Waals surface area (Å²) in [6.07, 6.45) is 1.66. The standard InChI is InChI=1S/C33H31ClN2O5/c1-3-4-13-25(33(40)41-17-26(37)35-19-15-14-18(2)24(34)16-19)36-31(38)29-27-20-9-5-6-10-21(20)28(30(29)32(36)39)23-12-8-7-11-22(23)27/h5-12,14-16,25,27-30H,3-4,13,17H2,1-2H3,(H,35,37)/t25-,27?,28?,29+,30+/m1/s1. The number of carbonyl (C=O) groups excluding carboxylic acids is 4. The smallest absolute Gasteiger partial charge is 0.329 e. The Morgan fingerprint density at radius 1 is 0.902 bits per heavy atom. The fourth-order valence-corrected chi connectivity index (χ4v) is 7.04. The minimum absolute atomic E-state index is 0.256. The van der Waals surface area contributed by atoms with Crippen LogP contribution >= 0.6 is 11.6 Å². The number of likely N-dealkylation sites (tertiary alicyclic amines) is 1. The Labute approximate surface area is 243 Å². The van der Waals surface area contributed by atoms with Crippen molar-refractivity contribution in [1.29, 1.82) is 0 Å². The molecule has 3 aromatic carbocycles. The summed E-state index contributed by atoms with van der Waals surface area (Å²) in [5.41, 5.74) is 5.63. The molecule has 1 fully saturated rings. The maximum atomic E-state index is 14.1. The number of aryl methyl sites for hydroxylation is 1. The van der Waals surface area contributed by atoms with Crippen LogP contribution in [0.4, 0.5) is 5.69 Å². The number of ether oxygens (including phenoxy) is 1. The van der Waals surface area contributed by atoms with Gasteiger partial charge in [-0.05, 0) is 53.3 Å². The Kier molecular flexibility index (Phi) is 7.16. The molecule has 210 valence electrons. The molecule has 7 nitrogen and oxygen atoms in total. The lowest BCUT2D eigenvalue weighted by molar-refractivity contribution is -0.160. The number of imide groups is 1. The summed E-state index contributed by atoms with van der Waals surface area (Å²) < 4.78 is 5.41. The number of unbranched alkanes of at least 4 members (excludes halogenated alkanes) is 1. The predicted molar refractivity (Wildman–Crippen MR) is 154 cm³/mol. The van der Waals surface area contributed by atoms with Crippen LogP contribution in [0, 0.1) is 18.8 Å². The van der Waals surface area contributed by atoms with Gasteiger partial charge in [0.25, 0.3) is 5.91 Å². The van der Waals surface area contributed by atoms with Crippen molar-refractivity contribution in [2.75, 3.05) is 11.9 Å². The van der Waals surface area contributed by atoms with Gasteiger partial charge in [-0.1, -0.05) is 86.0 Å². The third kappa shape index (κ3) is 4.52. The lowest BCUT2D eigenvalue weighted by Gasteiger charge is -2.45. The zero-order chi connectivity index (χ0) is 28.8. The molecular formula is C33H31ClN2O5. The van der Waals surface area contributed by atoms with Gasteiger partial charge in [-0.15, -0.1) is 0 Å². The number of halogens is 1. The fourth-order valence-electron chi connectivity index (χ4n) is 6.86. The third-order valence-corrected chi connectivity index (χ3v) is 9.11. The maximum absolute atomic E-state index is 14.1. The zero-order valence-electron chi connectivity index (χ0n) is 22.9. The highest BCUT2D eigenvalue weighted by atomic mass is 35.5. The topological polar surface area (TPSA) is 92.8 Å². The van der Waals surface area contributed by atoms with Gasteiger partial charge in [-0.3, -0.25) is 19.3 Å². The highest BCUT2D eigenvalue weighted by Gasteiger charge is 2.63. The Morgan fingerprint density at radius 2 is 1.44 bits per heavy atom. The minimum Gasteiger partial charge on any atom is -0.454 e. The molecule has 1 heterocycles. The number of carbonyl (C=O) groups is 4. The van der Waals surface area contributed by atoms with Crippen LogP contribution in [0.5, 0.6) is 0 Å². The summed E-state index contributed by atoms with van der Waals surface area (Å²) in [7, 11) is 0. The number of hydrogen-bond donors (Lipinski definition) is 1. The Morgan fingerprint density at radius 3 is 1.93 bits per heavy atom. The predicted octanol–water partition coefficient (Wildman–Crippen LogP) is 5.58. The molecule has 1 N–H and O–H groups in total. The number of rotatable bonds is 8. The van der Waals surface area contributed by atoms with E-state index in [9.17, 15) is 19.2 Å². The molecule has 0 saturated carbocycles.